The molecule has 0 atom stereocenters. The van der Waals surface area contributed by atoms with Crippen molar-refractivity contribution < 1.29 is 19.1 Å². The van der Waals surface area contributed by atoms with E-state index in [0.29, 0.717) is 33.4 Å². The van der Waals surface area contributed by atoms with Crippen molar-refractivity contribution in [3.8, 4) is 11.5 Å². The maximum absolute atomic E-state index is 12.6. The van der Waals surface area contributed by atoms with Gasteiger partial charge in [-0.05, 0) is 42.5 Å². The Morgan fingerprint density at radius 2 is 1.74 bits per heavy atom. The van der Waals surface area contributed by atoms with E-state index in [0.717, 1.165) is 0 Å². The van der Waals surface area contributed by atoms with E-state index in [1.807, 2.05) is 0 Å². The number of benzene rings is 2. The molecule has 0 bridgehead atoms. The highest BCUT2D eigenvalue weighted by Crippen LogP contribution is 2.25. The van der Waals surface area contributed by atoms with E-state index in [9.17, 15) is 9.59 Å². The second-order valence-corrected chi connectivity index (χ2v) is 6.28. The third-order valence-corrected chi connectivity index (χ3v) is 4.40. The summed E-state index contributed by atoms with van der Waals surface area (Å²) in [4.78, 5) is 28.7. The Hall–Kier alpha value is -3.39. The third-order valence-electron chi connectivity index (χ3n) is 3.71. The zero-order valence-electron chi connectivity index (χ0n) is 14.7. The van der Waals surface area contributed by atoms with Gasteiger partial charge in [-0.2, -0.15) is 0 Å². The van der Waals surface area contributed by atoms with Gasteiger partial charge in [-0.25, -0.2) is 4.98 Å². The first-order valence-corrected chi connectivity index (χ1v) is 8.83. The molecular weight excluding hydrogens is 366 g/mol. The van der Waals surface area contributed by atoms with Gasteiger partial charge in [0.05, 0.1) is 19.8 Å². The number of aromatic nitrogens is 1. The second kappa shape index (κ2) is 8.33. The maximum Gasteiger partial charge on any atom is 0.259 e. The number of ether oxygens (including phenoxy) is 2. The molecular formula is C19H17N3O4S. The van der Waals surface area contributed by atoms with Crippen LogP contribution < -0.4 is 20.1 Å². The largest absolute Gasteiger partial charge is 0.497 e. The first-order valence-electron chi connectivity index (χ1n) is 7.95. The Labute approximate surface area is 160 Å². The Morgan fingerprint density at radius 3 is 2.37 bits per heavy atom. The van der Waals surface area contributed by atoms with E-state index < -0.39 is 0 Å². The van der Waals surface area contributed by atoms with Crippen molar-refractivity contribution in [2.75, 3.05) is 24.9 Å². The molecule has 0 aliphatic carbocycles. The summed E-state index contributed by atoms with van der Waals surface area (Å²) in [5.41, 5.74) is 1.36. The molecule has 2 aromatic carbocycles. The standard InChI is InChI=1S/C19H17N3O4S/c1-25-14-7-8-16(26-2)15(11-14)18(24)21-13-5-3-12(4-6-13)17(23)22-19-20-9-10-27-19/h3-11H,1-2H3,(H,21,24)(H,20,22,23). The van der Waals surface area contributed by atoms with Crippen LogP contribution in [0.5, 0.6) is 11.5 Å². The molecule has 2 amide bonds. The summed E-state index contributed by atoms with van der Waals surface area (Å²) in [7, 11) is 3.02. The number of hydrogen-bond acceptors (Lipinski definition) is 6. The lowest BCUT2D eigenvalue weighted by molar-refractivity contribution is 0.101. The van der Waals surface area contributed by atoms with Crippen molar-refractivity contribution in [3.05, 3.63) is 65.2 Å². The molecule has 1 aromatic heterocycles. The number of carbonyl (C=O) groups is 2. The van der Waals surface area contributed by atoms with Crippen LogP contribution in [0.15, 0.2) is 54.0 Å². The van der Waals surface area contributed by atoms with Crippen molar-refractivity contribution in [2.24, 2.45) is 0 Å². The molecule has 8 heteroatoms. The average Bonchev–Trinajstić information content (AvgIpc) is 3.21. The summed E-state index contributed by atoms with van der Waals surface area (Å²) < 4.78 is 10.4. The molecule has 3 aromatic rings. The number of nitrogens with zero attached hydrogens (tertiary/aromatic N) is 1. The van der Waals surface area contributed by atoms with E-state index in [-0.39, 0.29) is 11.8 Å². The molecule has 0 aliphatic rings. The van der Waals surface area contributed by atoms with Crippen LogP contribution in [0.4, 0.5) is 10.8 Å². The number of hydrogen-bond donors (Lipinski definition) is 2. The van der Waals surface area contributed by atoms with Gasteiger partial charge in [0, 0.05) is 22.8 Å². The number of carbonyl (C=O) groups excluding carboxylic acids is 2. The molecule has 3 rings (SSSR count). The van der Waals surface area contributed by atoms with E-state index in [1.165, 1.54) is 25.6 Å². The topological polar surface area (TPSA) is 89.5 Å². The van der Waals surface area contributed by atoms with Crippen LogP contribution in [0.2, 0.25) is 0 Å². The van der Waals surface area contributed by atoms with Crippen LogP contribution >= 0.6 is 11.3 Å². The number of rotatable bonds is 6. The molecule has 27 heavy (non-hydrogen) atoms. The summed E-state index contributed by atoms with van der Waals surface area (Å²) in [5.74, 6) is 0.380. The fraction of sp³-hybridized carbons (Fsp3) is 0.105. The second-order valence-electron chi connectivity index (χ2n) is 5.39. The number of anilines is 2. The predicted molar refractivity (Wildman–Crippen MR) is 104 cm³/mol. The lowest BCUT2D eigenvalue weighted by atomic mass is 10.1. The molecule has 7 nitrogen and oxygen atoms in total. The molecule has 0 unspecified atom stereocenters. The van der Waals surface area contributed by atoms with Crippen LogP contribution in [0, 0.1) is 0 Å². The van der Waals surface area contributed by atoms with Gasteiger partial charge in [-0.1, -0.05) is 0 Å². The Bertz CT molecular complexity index is 940. The minimum absolute atomic E-state index is 0.266. The molecule has 0 radical (unpaired) electrons. The van der Waals surface area contributed by atoms with Gasteiger partial charge in [0.2, 0.25) is 0 Å². The van der Waals surface area contributed by atoms with Gasteiger partial charge in [0.1, 0.15) is 11.5 Å². The van der Waals surface area contributed by atoms with Gasteiger partial charge < -0.3 is 14.8 Å². The average molecular weight is 383 g/mol. The number of nitrogens with one attached hydrogen (secondary N) is 2. The van der Waals surface area contributed by atoms with Gasteiger partial charge in [0.15, 0.2) is 5.13 Å². The van der Waals surface area contributed by atoms with E-state index in [2.05, 4.69) is 15.6 Å². The minimum atomic E-state index is -0.342. The van der Waals surface area contributed by atoms with Crippen LogP contribution in [-0.2, 0) is 0 Å². The Morgan fingerprint density at radius 1 is 0.963 bits per heavy atom. The van der Waals surface area contributed by atoms with Crippen LogP contribution in [0.1, 0.15) is 20.7 Å². The number of amides is 2. The Kier molecular flexibility index (Phi) is 5.68. The first-order chi connectivity index (χ1) is 13.1. The maximum atomic E-state index is 12.6. The van der Waals surface area contributed by atoms with Crippen LogP contribution in [0.25, 0.3) is 0 Å². The lowest BCUT2D eigenvalue weighted by Gasteiger charge is -2.11. The molecule has 0 saturated heterocycles. The van der Waals surface area contributed by atoms with E-state index >= 15 is 0 Å². The molecule has 0 spiro atoms. The van der Waals surface area contributed by atoms with Crippen molar-refractivity contribution in [3.63, 3.8) is 0 Å². The quantitative estimate of drug-likeness (QED) is 0.678. The van der Waals surface area contributed by atoms with Crippen molar-refractivity contribution in [1.82, 2.24) is 4.98 Å². The summed E-state index contributed by atoms with van der Waals surface area (Å²) in [5, 5.41) is 7.79. The van der Waals surface area contributed by atoms with Gasteiger partial charge >= 0.3 is 0 Å². The molecule has 0 saturated carbocycles. The molecule has 0 fully saturated rings. The lowest BCUT2D eigenvalue weighted by Crippen LogP contribution is -2.14. The van der Waals surface area contributed by atoms with Crippen LogP contribution in [0.3, 0.4) is 0 Å². The highest BCUT2D eigenvalue weighted by molar-refractivity contribution is 7.13. The summed E-state index contributed by atoms with van der Waals surface area (Å²) >= 11 is 1.34. The SMILES string of the molecule is COc1ccc(OC)c(C(=O)Nc2ccc(C(=O)Nc3nccs3)cc2)c1. The summed E-state index contributed by atoms with van der Waals surface area (Å²) in [6.45, 7) is 0. The Balaban J connectivity index is 1.71. The first kappa shape index (κ1) is 18.4. The third kappa shape index (κ3) is 4.42. The van der Waals surface area contributed by atoms with E-state index in [4.69, 9.17) is 9.47 Å². The van der Waals surface area contributed by atoms with Crippen LogP contribution in [-0.4, -0.2) is 31.0 Å². The molecule has 2 N–H and O–H groups in total. The highest BCUT2D eigenvalue weighted by Gasteiger charge is 2.14. The van der Waals surface area contributed by atoms with Crippen molar-refractivity contribution >= 4 is 34.0 Å². The zero-order chi connectivity index (χ0) is 19.2. The van der Waals surface area contributed by atoms with E-state index in [1.54, 1.807) is 54.0 Å². The number of methoxy groups -OCH3 is 2. The molecule has 1 heterocycles. The zero-order valence-corrected chi connectivity index (χ0v) is 15.5. The number of thiazole rings is 1. The molecule has 138 valence electrons. The highest BCUT2D eigenvalue weighted by atomic mass is 32.1. The smallest absolute Gasteiger partial charge is 0.259 e. The predicted octanol–water partition coefficient (Wildman–Crippen LogP) is 3.66. The minimum Gasteiger partial charge on any atom is -0.497 e. The fourth-order valence-electron chi connectivity index (χ4n) is 2.35. The summed E-state index contributed by atoms with van der Waals surface area (Å²) in [6, 6.07) is 11.5. The van der Waals surface area contributed by atoms with Gasteiger partial charge in [0.25, 0.3) is 11.8 Å². The summed E-state index contributed by atoms with van der Waals surface area (Å²) in [6.07, 6.45) is 1.62. The van der Waals surface area contributed by atoms with Crippen molar-refractivity contribution in [2.45, 2.75) is 0 Å². The van der Waals surface area contributed by atoms with Gasteiger partial charge in [-0.3, -0.25) is 14.9 Å². The van der Waals surface area contributed by atoms with Gasteiger partial charge in [-0.15, -0.1) is 11.3 Å². The normalized spacial score (nSPS) is 10.1. The van der Waals surface area contributed by atoms with Crippen molar-refractivity contribution in [1.29, 1.82) is 0 Å². The monoisotopic (exact) mass is 383 g/mol. The molecule has 0 aliphatic heterocycles. The fourth-order valence-corrected chi connectivity index (χ4v) is 2.87.